The Bertz CT molecular complexity index is 1110. The number of hydrogen-bond acceptors (Lipinski definition) is 3. The normalized spacial score (nSPS) is 10.9. The van der Waals surface area contributed by atoms with E-state index >= 15 is 0 Å². The van der Waals surface area contributed by atoms with Gasteiger partial charge in [0.2, 0.25) is 0 Å². The van der Waals surface area contributed by atoms with E-state index in [2.05, 4.69) is 45.7 Å². The Morgan fingerprint density at radius 3 is 2.37 bits per heavy atom. The first kappa shape index (κ1) is 19.6. The zero-order valence-electron chi connectivity index (χ0n) is 17.2. The van der Waals surface area contributed by atoms with E-state index in [1.807, 2.05) is 53.6 Å². The van der Waals surface area contributed by atoms with Crippen LogP contribution in [0.25, 0.3) is 5.69 Å². The number of rotatable bonds is 7. The molecule has 0 radical (unpaired) electrons. The minimum atomic E-state index is -0.0524. The number of nitrogens with zero attached hydrogens (tertiary/aromatic N) is 4. The average Bonchev–Trinajstić information content (AvgIpc) is 3.38. The van der Waals surface area contributed by atoms with Gasteiger partial charge in [-0.15, -0.1) is 0 Å². The van der Waals surface area contributed by atoms with E-state index < -0.39 is 0 Å². The monoisotopic (exact) mass is 399 g/mol. The highest BCUT2D eigenvalue weighted by Crippen LogP contribution is 2.13. The van der Waals surface area contributed by atoms with Crippen LogP contribution >= 0.6 is 0 Å². The van der Waals surface area contributed by atoms with Crippen molar-refractivity contribution in [3.8, 4) is 5.69 Å². The minimum absolute atomic E-state index is 0.0524. The van der Waals surface area contributed by atoms with E-state index in [0.717, 1.165) is 35.6 Å². The quantitative estimate of drug-likeness (QED) is 0.515. The van der Waals surface area contributed by atoms with Crippen molar-refractivity contribution in [2.45, 2.75) is 26.8 Å². The Hall–Kier alpha value is -3.67. The number of imidazole rings is 1. The van der Waals surface area contributed by atoms with Crippen LogP contribution in [0.1, 0.15) is 32.9 Å². The number of nitrogens with one attached hydrogen (secondary N) is 1. The summed E-state index contributed by atoms with van der Waals surface area (Å²) in [6, 6.07) is 18.1. The molecule has 0 atom stereocenters. The van der Waals surface area contributed by atoms with E-state index in [-0.39, 0.29) is 5.91 Å². The molecule has 4 aromatic rings. The first-order valence-electron chi connectivity index (χ1n) is 10.0. The van der Waals surface area contributed by atoms with E-state index in [1.165, 1.54) is 5.56 Å². The molecule has 1 N–H and O–H groups in total. The molecular formula is C24H25N5O. The van der Waals surface area contributed by atoms with E-state index in [4.69, 9.17) is 0 Å². The maximum absolute atomic E-state index is 12.4. The van der Waals surface area contributed by atoms with Crippen molar-refractivity contribution in [3.63, 3.8) is 0 Å². The molecule has 2 aromatic carbocycles. The second-order valence-electron chi connectivity index (χ2n) is 7.44. The lowest BCUT2D eigenvalue weighted by atomic mass is 10.1. The van der Waals surface area contributed by atoms with E-state index in [0.29, 0.717) is 12.1 Å². The number of carbonyl (C=O) groups is 1. The third kappa shape index (κ3) is 4.66. The standard InChI is InChI=1S/C24H25N5O/c1-18-15-19(2)29(27-18)23-9-5-20(6-10-23)11-12-26-24(30)22-7-3-21(4-8-22)16-28-14-13-25-17-28/h3-10,13-15,17H,11-12,16H2,1-2H3,(H,26,30). The van der Waals surface area contributed by atoms with E-state index in [1.54, 1.807) is 12.5 Å². The van der Waals surface area contributed by atoms with Crippen molar-refractivity contribution in [3.05, 3.63) is 101 Å². The molecule has 0 bridgehead atoms. The molecule has 0 aliphatic rings. The largest absolute Gasteiger partial charge is 0.352 e. The molecule has 0 aliphatic carbocycles. The van der Waals surface area contributed by atoms with Gasteiger partial charge in [-0.1, -0.05) is 24.3 Å². The van der Waals surface area contributed by atoms with Gasteiger partial charge in [0.05, 0.1) is 17.7 Å². The van der Waals surface area contributed by atoms with Crippen molar-refractivity contribution in [1.29, 1.82) is 0 Å². The zero-order valence-corrected chi connectivity index (χ0v) is 17.2. The molecule has 0 fully saturated rings. The molecule has 152 valence electrons. The maximum Gasteiger partial charge on any atom is 0.251 e. The SMILES string of the molecule is Cc1cc(C)n(-c2ccc(CCNC(=O)c3ccc(Cn4ccnc4)cc3)cc2)n1. The number of hydrogen-bond donors (Lipinski definition) is 1. The van der Waals surface area contributed by atoms with Gasteiger partial charge < -0.3 is 9.88 Å². The predicted octanol–water partition coefficient (Wildman–Crippen LogP) is 3.71. The first-order valence-corrected chi connectivity index (χ1v) is 10.0. The fourth-order valence-electron chi connectivity index (χ4n) is 3.47. The van der Waals surface area contributed by atoms with Gasteiger partial charge in [-0.25, -0.2) is 9.67 Å². The van der Waals surface area contributed by atoms with Crippen LogP contribution in [0.2, 0.25) is 0 Å². The fraction of sp³-hybridized carbons (Fsp3) is 0.208. The summed E-state index contributed by atoms with van der Waals surface area (Å²) in [5.74, 6) is -0.0524. The number of amides is 1. The summed E-state index contributed by atoms with van der Waals surface area (Å²) in [7, 11) is 0. The Kier molecular flexibility index (Phi) is 5.75. The molecule has 6 heteroatoms. The third-order valence-corrected chi connectivity index (χ3v) is 5.03. The molecule has 0 spiro atoms. The Labute approximate surface area is 176 Å². The van der Waals surface area contributed by atoms with Gasteiger partial charge in [-0.2, -0.15) is 5.10 Å². The Balaban J connectivity index is 1.28. The van der Waals surface area contributed by atoms with Gasteiger partial charge in [-0.3, -0.25) is 4.79 Å². The van der Waals surface area contributed by atoms with Gasteiger partial charge in [0, 0.05) is 36.7 Å². The average molecular weight is 399 g/mol. The lowest BCUT2D eigenvalue weighted by molar-refractivity contribution is 0.0954. The predicted molar refractivity (Wildman–Crippen MR) is 117 cm³/mol. The molecule has 2 heterocycles. The smallest absolute Gasteiger partial charge is 0.251 e. The van der Waals surface area contributed by atoms with Crippen molar-refractivity contribution in [2.75, 3.05) is 6.54 Å². The summed E-state index contributed by atoms with van der Waals surface area (Å²) >= 11 is 0. The van der Waals surface area contributed by atoms with Crippen molar-refractivity contribution in [1.82, 2.24) is 24.6 Å². The van der Waals surface area contributed by atoms with Crippen LogP contribution in [-0.2, 0) is 13.0 Å². The molecule has 6 nitrogen and oxygen atoms in total. The van der Waals surface area contributed by atoms with Crippen LogP contribution in [0.3, 0.4) is 0 Å². The van der Waals surface area contributed by atoms with Crippen LogP contribution in [0, 0.1) is 13.8 Å². The highest BCUT2D eigenvalue weighted by Gasteiger charge is 2.06. The fourth-order valence-corrected chi connectivity index (χ4v) is 3.47. The van der Waals surface area contributed by atoms with Crippen molar-refractivity contribution in [2.24, 2.45) is 0 Å². The zero-order chi connectivity index (χ0) is 20.9. The molecule has 4 rings (SSSR count). The molecule has 0 saturated carbocycles. The Morgan fingerprint density at radius 1 is 1.00 bits per heavy atom. The second kappa shape index (κ2) is 8.78. The third-order valence-electron chi connectivity index (χ3n) is 5.03. The summed E-state index contributed by atoms with van der Waals surface area (Å²) < 4.78 is 3.94. The Morgan fingerprint density at radius 2 is 1.73 bits per heavy atom. The van der Waals surface area contributed by atoms with Crippen molar-refractivity contribution < 1.29 is 4.79 Å². The number of carbonyl (C=O) groups excluding carboxylic acids is 1. The topological polar surface area (TPSA) is 64.7 Å². The first-order chi connectivity index (χ1) is 14.6. The second-order valence-corrected chi connectivity index (χ2v) is 7.44. The maximum atomic E-state index is 12.4. The van der Waals surface area contributed by atoms with Gasteiger partial charge in [0.25, 0.3) is 5.91 Å². The van der Waals surface area contributed by atoms with Crippen LogP contribution in [0.15, 0.2) is 73.3 Å². The highest BCUT2D eigenvalue weighted by atomic mass is 16.1. The lowest BCUT2D eigenvalue weighted by Gasteiger charge is -2.08. The van der Waals surface area contributed by atoms with Crippen LogP contribution in [0.5, 0.6) is 0 Å². The van der Waals surface area contributed by atoms with Crippen LogP contribution in [-0.4, -0.2) is 31.8 Å². The molecule has 0 saturated heterocycles. The molecule has 0 aliphatic heterocycles. The highest BCUT2D eigenvalue weighted by molar-refractivity contribution is 5.94. The minimum Gasteiger partial charge on any atom is -0.352 e. The number of benzene rings is 2. The summed E-state index contributed by atoms with van der Waals surface area (Å²) in [4.78, 5) is 16.4. The van der Waals surface area contributed by atoms with Gasteiger partial charge in [0.15, 0.2) is 0 Å². The number of aryl methyl sites for hydroxylation is 2. The molecular weight excluding hydrogens is 374 g/mol. The summed E-state index contributed by atoms with van der Waals surface area (Å²) in [6.45, 7) is 5.38. The van der Waals surface area contributed by atoms with Gasteiger partial charge in [-0.05, 0) is 61.7 Å². The van der Waals surface area contributed by atoms with Gasteiger partial charge >= 0.3 is 0 Å². The van der Waals surface area contributed by atoms with Crippen molar-refractivity contribution >= 4 is 5.91 Å². The van der Waals surface area contributed by atoms with Gasteiger partial charge in [0.1, 0.15) is 0 Å². The number of aromatic nitrogens is 4. The molecule has 2 aromatic heterocycles. The molecule has 0 unspecified atom stereocenters. The summed E-state index contributed by atoms with van der Waals surface area (Å²) in [5.41, 5.74) is 6.15. The summed E-state index contributed by atoms with van der Waals surface area (Å²) in [6.07, 6.45) is 6.24. The molecule has 30 heavy (non-hydrogen) atoms. The van der Waals surface area contributed by atoms with Crippen LogP contribution < -0.4 is 5.32 Å². The molecule has 1 amide bonds. The lowest BCUT2D eigenvalue weighted by Crippen LogP contribution is -2.25. The summed E-state index contributed by atoms with van der Waals surface area (Å²) in [5, 5.41) is 7.51. The van der Waals surface area contributed by atoms with E-state index in [9.17, 15) is 4.79 Å². The van der Waals surface area contributed by atoms with Crippen LogP contribution in [0.4, 0.5) is 0 Å².